The lowest BCUT2D eigenvalue weighted by atomic mass is 10.1. The van der Waals surface area contributed by atoms with Gasteiger partial charge in [-0.25, -0.2) is 4.39 Å². The van der Waals surface area contributed by atoms with Gasteiger partial charge in [-0.05, 0) is 42.5 Å². The van der Waals surface area contributed by atoms with Gasteiger partial charge in [-0.3, -0.25) is 9.59 Å². The Bertz CT molecular complexity index is 1160. The van der Waals surface area contributed by atoms with E-state index in [2.05, 4.69) is 10.6 Å². The molecule has 3 aromatic rings. The van der Waals surface area contributed by atoms with Crippen molar-refractivity contribution in [2.45, 2.75) is 4.90 Å². The minimum Gasteiger partial charge on any atom is -0.321 e. The average molecular weight is 431 g/mol. The molecule has 2 N–H and O–H groups in total. The van der Waals surface area contributed by atoms with Crippen LogP contribution in [0.1, 0.15) is 15.9 Å². The number of carbonyl (C=O) groups excluding carboxylic acids is 2. The standard InChI is InChI=1S/C24H18FN3O2S/c25-21-12-5-4-9-18(21)15-22(28-23(29)17-7-2-1-3-8-17)24(30)27-19-10-6-11-20(16-19)31-14-13-26/h1-12,15-16H,14H2,(H,27,30)(H,28,29)/b22-15+. The van der Waals surface area contributed by atoms with Gasteiger partial charge in [0.25, 0.3) is 11.8 Å². The molecule has 0 aliphatic rings. The van der Waals surface area contributed by atoms with Crippen molar-refractivity contribution in [3.8, 4) is 6.07 Å². The van der Waals surface area contributed by atoms with E-state index in [9.17, 15) is 14.0 Å². The van der Waals surface area contributed by atoms with Crippen LogP contribution in [0.2, 0.25) is 0 Å². The lowest BCUT2D eigenvalue weighted by Crippen LogP contribution is -2.30. The van der Waals surface area contributed by atoms with Gasteiger partial charge < -0.3 is 10.6 Å². The van der Waals surface area contributed by atoms with Crippen LogP contribution in [0.3, 0.4) is 0 Å². The topological polar surface area (TPSA) is 82.0 Å². The van der Waals surface area contributed by atoms with Crippen LogP contribution in [-0.2, 0) is 4.79 Å². The van der Waals surface area contributed by atoms with Crippen LogP contribution in [0.25, 0.3) is 6.08 Å². The van der Waals surface area contributed by atoms with Crippen LogP contribution in [0.5, 0.6) is 0 Å². The van der Waals surface area contributed by atoms with Crippen molar-refractivity contribution in [1.29, 1.82) is 5.26 Å². The summed E-state index contributed by atoms with van der Waals surface area (Å²) in [7, 11) is 0. The zero-order chi connectivity index (χ0) is 22.1. The molecule has 2 amide bonds. The summed E-state index contributed by atoms with van der Waals surface area (Å²) in [5.74, 6) is -1.33. The monoisotopic (exact) mass is 431 g/mol. The Morgan fingerprint density at radius 3 is 2.48 bits per heavy atom. The molecule has 0 bridgehead atoms. The van der Waals surface area contributed by atoms with Gasteiger partial charge in [-0.2, -0.15) is 5.26 Å². The van der Waals surface area contributed by atoms with Crippen molar-refractivity contribution in [2.24, 2.45) is 0 Å². The van der Waals surface area contributed by atoms with Gasteiger partial charge in [0, 0.05) is 21.7 Å². The molecular weight excluding hydrogens is 413 g/mol. The number of thioether (sulfide) groups is 1. The molecule has 154 valence electrons. The molecule has 0 unspecified atom stereocenters. The fourth-order valence-electron chi connectivity index (χ4n) is 2.67. The number of nitriles is 1. The van der Waals surface area contributed by atoms with Gasteiger partial charge in [-0.15, -0.1) is 11.8 Å². The first kappa shape index (κ1) is 21.8. The molecule has 3 rings (SSSR count). The summed E-state index contributed by atoms with van der Waals surface area (Å²) in [6, 6.07) is 23.4. The lowest BCUT2D eigenvalue weighted by molar-refractivity contribution is -0.113. The normalized spacial score (nSPS) is 10.8. The number of nitrogens with one attached hydrogen (secondary N) is 2. The summed E-state index contributed by atoms with van der Waals surface area (Å²) in [5, 5.41) is 14.0. The fourth-order valence-corrected chi connectivity index (χ4v) is 3.28. The molecule has 5 nitrogen and oxygen atoms in total. The molecule has 0 heterocycles. The highest BCUT2D eigenvalue weighted by Crippen LogP contribution is 2.22. The van der Waals surface area contributed by atoms with E-state index in [0.29, 0.717) is 11.3 Å². The second-order valence-corrected chi connectivity index (χ2v) is 7.38. The number of amides is 2. The third-order valence-electron chi connectivity index (χ3n) is 4.13. The van der Waals surface area contributed by atoms with Crippen LogP contribution in [0.15, 0.2) is 89.5 Å². The van der Waals surface area contributed by atoms with Crippen molar-refractivity contribution in [3.05, 3.63) is 102 Å². The number of rotatable bonds is 7. The number of nitrogens with zero attached hydrogens (tertiary/aromatic N) is 1. The predicted molar refractivity (Wildman–Crippen MR) is 120 cm³/mol. The summed E-state index contributed by atoms with van der Waals surface area (Å²) < 4.78 is 14.2. The van der Waals surface area contributed by atoms with Crippen LogP contribution < -0.4 is 10.6 Å². The highest BCUT2D eigenvalue weighted by atomic mass is 32.2. The summed E-state index contributed by atoms with van der Waals surface area (Å²) in [6.07, 6.45) is 1.29. The first-order valence-electron chi connectivity index (χ1n) is 9.30. The molecule has 0 aromatic heterocycles. The number of benzene rings is 3. The Morgan fingerprint density at radius 1 is 1.00 bits per heavy atom. The van der Waals surface area contributed by atoms with Crippen molar-refractivity contribution in [3.63, 3.8) is 0 Å². The molecule has 0 fully saturated rings. The van der Waals surface area contributed by atoms with E-state index in [4.69, 9.17) is 5.26 Å². The van der Waals surface area contributed by atoms with Crippen molar-refractivity contribution in [2.75, 3.05) is 11.1 Å². The van der Waals surface area contributed by atoms with E-state index in [1.165, 1.54) is 30.0 Å². The highest BCUT2D eigenvalue weighted by Gasteiger charge is 2.16. The molecule has 3 aromatic carbocycles. The Hall–Kier alpha value is -3.89. The summed E-state index contributed by atoms with van der Waals surface area (Å²) in [4.78, 5) is 26.4. The maximum atomic E-state index is 14.2. The zero-order valence-corrected chi connectivity index (χ0v) is 17.2. The number of carbonyl (C=O) groups is 2. The van der Waals surface area contributed by atoms with Gasteiger partial charge in [0.2, 0.25) is 0 Å². The second-order valence-electron chi connectivity index (χ2n) is 6.33. The molecule has 0 saturated carbocycles. The molecule has 31 heavy (non-hydrogen) atoms. The van der Waals surface area contributed by atoms with Crippen LogP contribution in [0.4, 0.5) is 10.1 Å². The number of hydrogen-bond acceptors (Lipinski definition) is 4. The maximum Gasteiger partial charge on any atom is 0.272 e. The minimum atomic E-state index is -0.602. The number of hydrogen-bond donors (Lipinski definition) is 2. The third-order valence-corrected chi connectivity index (χ3v) is 4.99. The largest absolute Gasteiger partial charge is 0.321 e. The van der Waals surface area contributed by atoms with Gasteiger partial charge in [0.1, 0.15) is 11.5 Å². The average Bonchev–Trinajstić information content (AvgIpc) is 2.79. The van der Waals surface area contributed by atoms with Gasteiger partial charge >= 0.3 is 0 Å². The molecular formula is C24H18FN3O2S. The van der Waals surface area contributed by atoms with E-state index in [0.717, 1.165) is 4.90 Å². The van der Waals surface area contributed by atoms with Gasteiger partial charge in [-0.1, -0.05) is 42.5 Å². The Morgan fingerprint density at radius 2 is 1.74 bits per heavy atom. The van der Waals surface area contributed by atoms with E-state index in [1.807, 2.05) is 12.1 Å². The van der Waals surface area contributed by atoms with Crippen LogP contribution in [-0.4, -0.2) is 17.6 Å². The predicted octanol–water partition coefficient (Wildman–Crippen LogP) is 4.85. The summed E-state index contributed by atoms with van der Waals surface area (Å²) in [5.41, 5.74) is 0.916. The van der Waals surface area contributed by atoms with E-state index < -0.39 is 17.6 Å². The Kier molecular flexibility index (Phi) is 7.57. The fraction of sp³-hybridized carbons (Fsp3) is 0.0417. The molecule has 0 spiro atoms. The molecule has 7 heteroatoms. The Labute approximate surface area is 183 Å². The molecule has 0 aliphatic heterocycles. The van der Waals surface area contributed by atoms with E-state index >= 15 is 0 Å². The lowest BCUT2D eigenvalue weighted by Gasteiger charge is -2.12. The highest BCUT2D eigenvalue weighted by molar-refractivity contribution is 7.99. The molecule has 0 radical (unpaired) electrons. The Balaban J connectivity index is 1.87. The van der Waals surface area contributed by atoms with Crippen molar-refractivity contribution in [1.82, 2.24) is 5.32 Å². The second kappa shape index (κ2) is 10.8. The van der Waals surface area contributed by atoms with Crippen LogP contribution >= 0.6 is 11.8 Å². The molecule has 0 aliphatic carbocycles. The van der Waals surface area contributed by atoms with E-state index in [-0.39, 0.29) is 17.0 Å². The zero-order valence-electron chi connectivity index (χ0n) is 16.3. The smallest absolute Gasteiger partial charge is 0.272 e. The van der Waals surface area contributed by atoms with Crippen molar-refractivity contribution < 1.29 is 14.0 Å². The van der Waals surface area contributed by atoms with Crippen LogP contribution in [0, 0.1) is 17.1 Å². The molecule has 0 saturated heterocycles. The number of halogens is 1. The molecule has 0 atom stereocenters. The van der Waals surface area contributed by atoms with E-state index in [1.54, 1.807) is 60.7 Å². The maximum absolute atomic E-state index is 14.2. The quantitative estimate of drug-likeness (QED) is 0.414. The summed E-state index contributed by atoms with van der Waals surface area (Å²) in [6.45, 7) is 0. The van der Waals surface area contributed by atoms with Gasteiger partial charge in [0.05, 0.1) is 11.8 Å². The minimum absolute atomic E-state index is 0.103. The third kappa shape index (κ3) is 6.29. The number of anilines is 1. The first-order valence-corrected chi connectivity index (χ1v) is 10.3. The summed E-state index contributed by atoms with van der Waals surface area (Å²) >= 11 is 1.34. The van der Waals surface area contributed by atoms with Crippen molar-refractivity contribution >= 4 is 35.3 Å². The SMILES string of the molecule is N#CCSc1cccc(NC(=O)/C(=C\c2ccccc2F)NC(=O)c2ccccc2)c1. The van der Waals surface area contributed by atoms with Gasteiger partial charge in [0.15, 0.2) is 0 Å². The first-order chi connectivity index (χ1) is 15.1.